The fraction of sp³-hybridized carbons (Fsp3) is 0.167. The van der Waals surface area contributed by atoms with Crippen LogP contribution < -0.4 is 4.90 Å². The van der Waals surface area contributed by atoms with E-state index >= 15 is 0 Å². The minimum atomic E-state index is 0.825. The molecule has 51 valence electrons. The Kier molecular flexibility index (Phi) is 1.35. The van der Waals surface area contributed by atoms with Crippen LogP contribution in [0.1, 0.15) is 0 Å². The molecule has 10 heavy (non-hydrogen) atoms. The van der Waals surface area contributed by atoms with Crippen molar-refractivity contribution >= 4 is 22.0 Å². The number of nitrogens with zero attached hydrogens (tertiary/aromatic N) is 3. The molecule has 0 atom stereocenters. The normalized spacial score (nSPS) is 23.3. The number of amidine groups is 1. The van der Waals surface area contributed by atoms with Crippen molar-refractivity contribution in [3.63, 3.8) is 0 Å². The zero-order valence-electron chi connectivity index (χ0n) is 5.24. The summed E-state index contributed by atoms with van der Waals surface area (Å²) in [6, 6.07) is 0. The van der Waals surface area contributed by atoms with Crippen LogP contribution in [-0.2, 0) is 0 Å². The zero-order valence-corrected chi connectivity index (χ0v) is 6.82. The number of fused-ring (bicyclic) bond motifs is 1. The Morgan fingerprint density at radius 3 is 3.50 bits per heavy atom. The SMILES string of the molecule is BrN1C=CC2=NC=C[N+]2C1. The third-order valence-corrected chi connectivity index (χ3v) is 1.88. The average Bonchev–Trinajstić information content (AvgIpc) is 2.33. The van der Waals surface area contributed by atoms with E-state index in [0.29, 0.717) is 0 Å². The van der Waals surface area contributed by atoms with Gasteiger partial charge in [-0.25, -0.2) is 0 Å². The molecule has 2 aliphatic rings. The van der Waals surface area contributed by atoms with Crippen LogP contribution in [0.5, 0.6) is 0 Å². The number of hydrogen-bond donors (Lipinski definition) is 0. The molecule has 0 amide bonds. The molecule has 3 nitrogen and oxygen atoms in total. The van der Waals surface area contributed by atoms with Gasteiger partial charge < -0.3 is 0 Å². The van der Waals surface area contributed by atoms with Gasteiger partial charge in [-0.05, 0) is 0 Å². The van der Waals surface area contributed by atoms with E-state index in [1.807, 2.05) is 22.4 Å². The first-order valence-electron chi connectivity index (χ1n) is 2.98. The lowest BCUT2D eigenvalue weighted by atomic mass is 10.4. The molecule has 0 spiro atoms. The molecule has 0 aromatic rings. The largest absolute Gasteiger partial charge is 0.284 e. The number of aliphatic imine (C=N–C) groups is 1. The molecule has 2 heterocycles. The molecule has 0 saturated heterocycles. The third kappa shape index (κ3) is 0.892. The highest BCUT2D eigenvalue weighted by Crippen LogP contribution is 2.11. The van der Waals surface area contributed by atoms with Gasteiger partial charge in [-0.15, -0.1) is 0 Å². The van der Waals surface area contributed by atoms with E-state index in [-0.39, 0.29) is 0 Å². The summed E-state index contributed by atoms with van der Waals surface area (Å²) >= 11 is 3.34. The van der Waals surface area contributed by atoms with Crippen molar-refractivity contribution in [3.8, 4) is 0 Å². The quantitative estimate of drug-likeness (QED) is 0.424. The van der Waals surface area contributed by atoms with Gasteiger partial charge in [0.05, 0.1) is 22.3 Å². The molecule has 0 aliphatic carbocycles. The van der Waals surface area contributed by atoms with Crippen LogP contribution >= 0.6 is 16.1 Å². The van der Waals surface area contributed by atoms with Crippen molar-refractivity contribution < 1.29 is 0 Å². The van der Waals surface area contributed by atoms with Crippen molar-refractivity contribution in [3.05, 3.63) is 24.7 Å². The molecule has 0 bridgehead atoms. The number of rotatable bonds is 0. The second-order valence-corrected chi connectivity index (χ2v) is 3.02. The second kappa shape index (κ2) is 2.21. The van der Waals surface area contributed by atoms with Gasteiger partial charge in [0.2, 0.25) is 6.67 Å². The summed E-state index contributed by atoms with van der Waals surface area (Å²) in [6.45, 7) is 0.825. The van der Waals surface area contributed by atoms with Crippen molar-refractivity contribution in [1.29, 1.82) is 0 Å². The summed E-state index contributed by atoms with van der Waals surface area (Å²) in [6.07, 6.45) is 7.65. The van der Waals surface area contributed by atoms with E-state index in [1.54, 1.807) is 6.20 Å². The minimum Gasteiger partial charge on any atom is -0.262 e. The molecule has 0 aromatic carbocycles. The van der Waals surface area contributed by atoms with Crippen molar-refractivity contribution in [1.82, 2.24) is 8.83 Å². The number of hydrogen-bond acceptors (Lipinski definition) is 3. The molecule has 0 unspecified atom stereocenters. The Hall–Kier alpha value is -0.610. The lowest BCUT2D eigenvalue weighted by molar-refractivity contribution is 0.524. The zero-order chi connectivity index (χ0) is 6.97. The smallest absolute Gasteiger partial charge is 0.262 e. The van der Waals surface area contributed by atoms with Gasteiger partial charge in [0.15, 0.2) is 6.20 Å². The number of halogens is 1. The maximum atomic E-state index is 4.12. The fourth-order valence-corrected chi connectivity index (χ4v) is 1.30. The summed E-state index contributed by atoms with van der Waals surface area (Å²) in [5.74, 6) is 1.01. The summed E-state index contributed by atoms with van der Waals surface area (Å²) in [7, 11) is 0. The van der Waals surface area contributed by atoms with Gasteiger partial charge in [-0.3, -0.25) is 3.93 Å². The Morgan fingerprint density at radius 2 is 2.60 bits per heavy atom. The van der Waals surface area contributed by atoms with E-state index in [2.05, 4.69) is 26.0 Å². The molecular weight excluding hydrogens is 194 g/mol. The lowest BCUT2D eigenvalue weighted by Gasteiger charge is -2.13. The Morgan fingerprint density at radius 1 is 1.70 bits per heavy atom. The average molecular weight is 200 g/mol. The molecule has 4 heteroatoms. The first-order valence-corrected chi connectivity index (χ1v) is 3.69. The second-order valence-electron chi connectivity index (χ2n) is 2.11. The van der Waals surface area contributed by atoms with E-state index in [1.165, 1.54) is 0 Å². The van der Waals surface area contributed by atoms with Crippen LogP contribution in [0.2, 0.25) is 0 Å². The molecule has 0 fully saturated rings. The molecular formula is C6H6BrN3+. The lowest BCUT2D eigenvalue weighted by Crippen LogP contribution is -2.37. The van der Waals surface area contributed by atoms with E-state index in [4.69, 9.17) is 0 Å². The van der Waals surface area contributed by atoms with Gasteiger partial charge in [0.25, 0.3) is 5.84 Å². The van der Waals surface area contributed by atoms with Gasteiger partial charge in [0, 0.05) is 12.3 Å². The highest BCUT2D eigenvalue weighted by Gasteiger charge is 2.27. The maximum Gasteiger partial charge on any atom is 0.284 e. The van der Waals surface area contributed by atoms with E-state index in [9.17, 15) is 0 Å². The van der Waals surface area contributed by atoms with Gasteiger partial charge in [0.1, 0.15) is 0 Å². The molecule has 2 rings (SSSR count). The summed E-state index contributed by atoms with van der Waals surface area (Å²) in [4.78, 5) is 6.17. The maximum absolute atomic E-state index is 4.12. The fourth-order valence-electron chi connectivity index (χ4n) is 0.939. The third-order valence-electron chi connectivity index (χ3n) is 1.42. The molecule has 0 aromatic heterocycles. The molecule has 0 N–H and O–H groups in total. The van der Waals surface area contributed by atoms with Gasteiger partial charge in [-0.2, -0.15) is 4.99 Å². The minimum absolute atomic E-state index is 0.825. The first kappa shape index (κ1) is 6.12. The molecule has 2 aliphatic heterocycles. The van der Waals surface area contributed by atoms with Crippen LogP contribution in [-0.4, -0.2) is 16.4 Å². The summed E-state index contributed by atoms with van der Waals surface area (Å²) in [5, 5.41) is 0. The highest BCUT2D eigenvalue weighted by atomic mass is 79.9. The van der Waals surface area contributed by atoms with Gasteiger partial charge in [-0.1, -0.05) is 4.90 Å². The molecule has 1 radical (unpaired) electrons. The van der Waals surface area contributed by atoms with Gasteiger partial charge >= 0.3 is 0 Å². The van der Waals surface area contributed by atoms with Crippen molar-refractivity contribution in [2.45, 2.75) is 0 Å². The monoisotopic (exact) mass is 199 g/mol. The predicted molar refractivity (Wildman–Crippen MR) is 43.5 cm³/mol. The van der Waals surface area contributed by atoms with Crippen LogP contribution in [0, 0.1) is 0 Å². The summed E-state index contributed by atoms with van der Waals surface area (Å²) in [5.41, 5.74) is 0. The predicted octanol–water partition coefficient (Wildman–Crippen LogP) is 1.11. The van der Waals surface area contributed by atoms with Crippen molar-refractivity contribution in [2.24, 2.45) is 4.99 Å². The van der Waals surface area contributed by atoms with Crippen LogP contribution in [0.4, 0.5) is 0 Å². The Bertz CT molecular complexity index is 231. The Balaban J connectivity index is 2.27. The standard InChI is InChI=1S/C6H6BrN3/c7-10-3-1-6-8-2-4-9(6)5-10/h1-4H,5H2/q+1. The van der Waals surface area contributed by atoms with Crippen LogP contribution in [0.25, 0.3) is 0 Å². The topological polar surface area (TPSA) is 21.5 Å². The summed E-state index contributed by atoms with van der Waals surface area (Å²) < 4.78 is 1.92. The van der Waals surface area contributed by atoms with E-state index < -0.39 is 0 Å². The first-order chi connectivity index (χ1) is 4.86. The highest BCUT2D eigenvalue weighted by molar-refractivity contribution is 9.07. The van der Waals surface area contributed by atoms with Crippen LogP contribution in [0.15, 0.2) is 29.7 Å². The molecule has 0 saturated carbocycles. The van der Waals surface area contributed by atoms with Crippen LogP contribution in [0.3, 0.4) is 0 Å². The van der Waals surface area contributed by atoms with E-state index in [0.717, 1.165) is 12.5 Å². The van der Waals surface area contributed by atoms with Crippen molar-refractivity contribution in [2.75, 3.05) is 6.67 Å². The Labute approximate surface area is 67.7 Å².